The van der Waals surface area contributed by atoms with E-state index in [-0.39, 0.29) is 0 Å². The summed E-state index contributed by atoms with van der Waals surface area (Å²) < 4.78 is 11.8. The van der Waals surface area contributed by atoms with Crippen LogP contribution >= 0.6 is 0 Å². The molecule has 0 unspecified atom stereocenters. The second kappa shape index (κ2) is 11.1. The minimum absolute atomic E-state index is 0.912. The molecule has 0 heterocycles. The molecule has 74 valence electrons. The van der Waals surface area contributed by atoms with Gasteiger partial charge in [-0.2, -0.15) is 0 Å². The number of rotatable bonds is 9. The van der Waals surface area contributed by atoms with Crippen molar-refractivity contribution in [2.75, 3.05) is 0 Å². The van der Waals surface area contributed by atoms with Crippen LogP contribution in [0, 0.1) is 0 Å². The van der Waals surface area contributed by atoms with Gasteiger partial charge in [-0.1, -0.05) is 58.3 Å². The molecule has 0 N–H and O–H groups in total. The number of hydrogen-bond donors (Lipinski definition) is 0. The van der Waals surface area contributed by atoms with Crippen LogP contribution in [-0.2, 0) is 0 Å². The first kappa shape index (κ1) is 12.1. The molecule has 0 amide bonds. The van der Waals surface area contributed by atoms with Crippen LogP contribution in [0.4, 0.5) is 4.11 Å². The van der Waals surface area contributed by atoms with Crippen molar-refractivity contribution in [3.8, 4) is 0 Å². The Morgan fingerprint density at radius 3 is 1.83 bits per heavy atom. The largest absolute Gasteiger partial charge is 0.323 e. The van der Waals surface area contributed by atoms with Crippen LogP contribution < -0.4 is 0 Å². The summed E-state index contributed by atoms with van der Waals surface area (Å²) in [5.41, 5.74) is 0. The molecule has 0 rings (SSSR count). The van der Waals surface area contributed by atoms with Gasteiger partial charge in [-0.25, -0.2) is 0 Å². The highest BCUT2D eigenvalue weighted by Gasteiger charge is 1.91. The highest BCUT2D eigenvalue weighted by Crippen LogP contribution is 2.09. The zero-order chi connectivity index (χ0) is 9.07. The smallest absolute Gasteiger partial charge is 0.216 e. The molecule has 0 aromatic rings. The first-order valence-corrected chi connectivity index (χ1v) is 7.01. The lowest BCUT2D eigenvalue weighted by Gasteiger charge is -1.99. The number of unbranched alkanes of at least 4 members (excludes halogenated alkanes) is 7. The zero-order valence-corrected chi connectivity index (χ0v) is 9.86. The number of halogens is 1. The Kier molecular flexibility index (Phi) is 11.3. The topological polar surface area (TPSA) is 0 Å². The van der Waals surface area contributed by atoms with Gasteiger partial charge in [0.05, 0.1) is 0 Å². The molecule has 12 heavy (non-hydrogen) atoms. The Bertz CT molecular complexity index is 66.2. The van der Waals surface area contributed by atoms with Gasteiger partial charge in [0, 0.05) is 0 Å². The van der Waals surface area contributed by atoms with Gasteiger partial charge >= 0.3 is 0 Å². The first-order valence-electron chi connectivity index (χ1n) is 5.47. The summed E-state index contributed by atoms with van der Waals surface area (Å²) in [7, 11) is -1.13. The molecule has 0 radical (unpaired) electrons. The van der Waals surface area contributed by atoms with Crippen molar-refractivity contribution in [3.05, 3.63) is 0 Å². The predicted octanol–water partition coefficient (Wildman–Crippen LogP) is 3.60. The van der Waals surface area contributed by atoms with Crippen LogP contribution in [0.1, 0.15) is 58.3 Å². The van der Waals surface area contributed by atoms with Gasteiger partial charge in [-0.15, -0.1) is 0 Å². The van der Waals surface area contributed by atoms with Gasteiger partial charge < -0.3 is 4.11 Å². The maximum absolute atomic E-state index is 11.8. The minimum Gasteiger partial charge on any atom is -0.323 e. The normalized spacial score (nSPS) is 11.5. The third-order valence-electron chi connectivity index (χ3n) is 2.24. The second-order valence-corrected chi connectivity index (χ2v) is 4.60. The van der Waals surface area contributed by atoms with E-state index < -0.39 is 9.85 Å². The Balaban J connectivity index is 2.73. The molecule has 0 aliphatic rings. The lowest BCUT2D eigenvalue weighted by molar-refractivity contribution is 0.583. The summed E-state index contributed by atoms with van der Waals surface area (Å²) in [5.74, 6) is 0. The summed E-state index contributed by atoms with van der Waals surface area (Å²) in [5, 5.41) is 0. The van der Waals surface area contributed by atoms with Crippen molar-refractivity contribution in [1.82, 2.24) is 0 Å². The van der Waals surface area contributed by atoms with Gasteiger partial charge in [0.25, 0.3) is 0 Å². The maximum atomic E-state index is 11.8. The summed E-state index contributed by atoms with van der Waals surface area (Å²) in [4.78, 5) is 0. The van der Waals surface area contributed by atoms with Crippen molar-refractivity contribution in [2.24, 2.45) is 0 Å². The quantitative estimate of drug-likeness (QED) is 0.296. The third-order valence-corrected chi connectivity index (χ3v) is 3.00. The Labute approximate surface area is 78.9 Å². The van der Waals surface area contributed by atoms with Crippen LogP contribution in [0.2, 0.25) is 6.04 Å². The summed E-state index contributed by atoms with van der Waals surface area (Å²) >= 11 is 0. The van der Waals surface area contributed by atoms with Crippen molar-refractivity contribution in [3.63, 3.8) is 0 Å². The molecule has 2 heteroatoms. The molecule has 0 saturated heterocycles. The lowest BCUT2D eigenvalue weighted by Crippen LogP contribution is -1.82. The highest BCUT2D eigenvalue weighted by atomic mass is 28.3. The van der Waals surface area contributed by atoms with E-state index in [4.69, 9.17) is 0 Å². The first-order chi connectivity index (χ1) is 5.91. The van der Waals surface area contributed by atoms with Crippen molar-refractivity contribution < 1.29 is 4.11 Å². The fourth-order valence-electron chi connectivity index (χ4n) is 1.41. The molecule has 0 aromatic carbocycles. The second-order valence-electron chi connectivity index (χ2n) is 3.52. The third kappa shape index (κ3) is 10.1. The molecule has 0 aliphatic carbocycles. The fourth-order valence-corrected chi connectivity index (χ4v) is 1.95. The number of hydrogen-bond acceptors (Lipinski definition) is 0. The van der Waals surface area contributed by atoms with Crippen LogP contribution in [-0.4, -0.2) is 9.85 Å². The summed E-state index contributed by atoms with van der Waals surface area (Å²) in [6, 6.07) is 0.912. The Morgan fingerprint density at radius 2 is 1.33 bits per heavy atom. The van der Waals surface area contributed by atoms with E-state index in [9.17, 15) is 4.11 Å². The molecule has 0 aliphatic heterocycles. The van der Waals surface area contributed by atoms with Crippen molar-refractivity contribution >= 4 is 9.85 Å². The molecular weight excluding hydrogens is 167 g/mol. The van der Waals surface area contributed by atoms with Crippen LogP contribution in [0.3, 0.4) is 0 Å². The van der Waals surface area contributed by atoms with Gasteiger partial charge in [-0.05, 0) is 6.04 Å². The van der Waals surface area contributed by atoms with E-state index >= 15 is 0 Å². The lowest BCUT2D eigenvalue weighted by atomic mass is 10.1. The standard InChI is InChI=1S/C10H23FSi/c1-2-3-4-5-6-7-8-9-10-12-11/h2-10,12H2,1H3. The van der Waals surface area contributed by atoms with Gasteiger partial charge in [-0.3, -0.25) is 0 Å². The van der Waals surface area contributed by atoms with E-state index in [2.05, 4.69) is 6.92 Å². The molecule has 0 nitrogen and oxygen atoms in total. The van der Waals surface area contributed by atoms with Gasteiger partial charge in [0.1, 0.15) is 0 Å². The van der Waals surface area contributed by atoms with E-state index in [1.807, 2.05) is 0 Å². The molecule has 0 bridgehead atoms. The minimum atomic E-state index is -1.13. The molecule has 0 aromatic heterocycles. The van der Waals surface area contributed by atoms with Crippen LogP contribution in [0.15, 0.2) is 0 Å². The predicted molar refractivity (Wildman–Crippen MR) is 57.1 cm³/mol. The van der Waals surface area contributed by atoms with Crippen LogP contribution in [0.5, 0.6) is 0 Å². The van der Waals surface area contributed by atoms with Crippen LogP contribution in [0.25, 0.3) is 0 Å². The van der Waals surface area contributed by atoms with Gasteiger partial charge in [0.2, 0.25) is 9.85 Å². The van der Waals surface area contributed by atoms with E-state index in [0.29, 0.717) is 0 Å². The van der Waals surface area contributed by atoms with Crippen molar-refractivity contribution in [2.45, 2.75) is 64.3 Å². The van der Waals surface area contributed by atoms with E-state index in [1.165, 1.54) is 44.9 Å². The molecule has 0 spiro atoms. The SMILES string of the molecule is CCCCCCCCCC[SiH2]F. The Hall–Kier alpha value is 0.147. The summed E-state index contributed by atoms with van der Waals surface area (Å²) in [6.07, 6.45) is 10.6. The average molecular weight is 190 g/mol. The average Bonchev–Trinajstić information content (AvgIpc) is 2.10. The molecule has 0 saturated carbocycles. The van der Waals surface area contributed by atoms with Gasteiger partial charge in [0.15, 0.2) is 0 Å². The molecule has 0 atom stereocenters. The van der Waals surface area contributed by atoms with E-state index in [1.54, 1.807) is 0 Å². The Morgan fingerprint density at radius 1 is 0.833 bits per heavy atom. The van der Waals surface area contributed by atoms with E-state index in [0.717, 1.165) is 12.5 Å². The molecular formula is C10H23FSi. The zero-order valence-electron chi connectivity index (χ0n) is 8.45. The maximum Gasteiger partial charge on any atom is 0.216 e. The fraction of sp³-hybridized carbons (Fsp3) is 1.00. The molecule has 0 fully saturated rings. The monoisotopic (exact) mass is 190 g/mol. The van der Waals surface area contributed by atoms with Crippen molar-refractivity contribution in [1.29, 1.82) is 0 Å². The summed E-state index contributed by atoms with van der Waals surface area (Å²) in [6.45, 7) is 2.24. The highest BCUT2D eigenvalue weighted by molar-refractivity contribution is 6.25.